The first-order valence-electron chi connectivity index (χ1n) is 6.03. The molecule has 0 aromatic carbocycles. The molecule has 94 valence electrons. The first-order chi connectivity index (χ1) is 8.13. The summed E-state index contributed by atoms with van der Waals surface area (Å²) in [5, 5.41) is 0.934. The SMILES string of the molecule is Cc1ncc(C(=O)N(C)C2CCCC2CN)s1. The summed E-state index contributed by atoms with van der Waals surface area (Å²) in [6, 6.07) is 0.301. The summed E-state index contributed by atoms with van der Waals surface area (Å²) in [4.78, 5) is 19.0. The number of aromatic nitrogens is 1. The fourth-order valence-electron chi connectivity index (χ4n) is 2.59. The minimum absolute atomic E-state index is 0.0842. The predicted molar refractivity (Wildman–Crippen MR) is 69.1 cm³/mol. The number of nitrogens with two attached hydrogens (primary N) is 1. The second kappa shape index (κ2) is 5.14. The summed E-state index contributed by atoms with van der Waals surface area (Å²) in [5.74, 6) is 0.541. The Balaban J connectivity index is 2.09. The number of amides is 1. The third-order valence-electron chi connectivity index (χ3n) is 3.57. The van der Waals surface area contributed by atoms with Crippen LogP contribution in [0.2, 0.25) is 0 Å². The average Bonchev–Trinajstić information content (AvgIpc) is 2.95. The predicted octanol–water partition coefficient (Wildman–Crippen LogP) is 1.65. The highest BCUT2D eigenvalue weighted by Crippen LogP contribution is 2.29. The molecule has 0 spiro atoms. The molecular formula is C12H19N3OS. The first-order valence-corrected chi connectivity index (χ1v) is 6.84. The van der Waals surface area contributed by atoms with Crippen LogP contribution in [-0.4, -0.2) is 35.4 Å². The second-order valence-electron chi connectivity index (χ2n) is 4.65. The summed E-state index contributed by atoms with van der Waals surface area (Å²) in [6.45, 7) is 2.59. The van der Waals surface area contributed by atoms with Gasteiger partial charge in [0.25, 0.3) is 5.91 Å². The third-order valence-corrected chi connectivity index (χ3v) is 4.47. The van der Waals surface area contributed by atoms with Crippen LogP contribution in [0, 0.1) is 12.8 Å². The van der Waals surface area contributed by atoms with E-state index in [1.165, 1.54) is 17.8 Å². The highest BCUT2D eigenvalue weighted by Gasteiger charge is 2.32. The van der Waals surface area contributed by atoms with Gasteiger partial charge < -0.3 is 10.6 Å². The van der Waals surface area contributed by atoms with E-state index in [0.717, 1.165) is 22.7 Å². The number of carbonyl (C=O) groups excluding carboxylic acids is 1. The van der Waals surface area contributed by atoms with Crippen molar-refractivity contribution in [2.24, 2.45) is 11.7 Å². The van der Waals surface area contributed by atoms with E-state index in [0.29, 0.717) is 18.5 Å². The van der Waals surface area contributed by atoms with Gasteiger partial charge in [0, 0.05) is 13.1 Å². The summed E-state index contributed by atoms with van der Waals surface area (Å²) in [5.41, 5.74) is 5.76. The van der Waals surface area contributed by atoms with Gasteiger partial charge in [0.15, 0.2) is 0 Å². The maximum atomic E-state index is 12.3. The van der Waals surface area contributed by atoms with Crippen LogP contribution < -0.4 is 5.73 Å². The molecule has 2 N–H and O–H groups in total. The molecular weight excluding hydrogens is 234 g/mol. The van der Waals surface area contributed by atoms with Crippen LogP contribution >= 0.6 is 11.3 Å². The number of carbonyl (C=O) groups is 1. The monoisotopic (exact) mass is 253 g/mol. The van der Waals surface area contributed by atoms with Crippen LogP contribution in [0.1, 0.15) is 33.9 Å². The van der Waals surface area contributed by atoms with Crippen LogP contribution in [0.3, 0.4) is 0 Å². The number of hydrogen-bond acceptors (Lipinski definition) is 4. The minimum Gasteiger partial charge on any atom is -0.338 e. The number of thiazole rings is 1. The van der Waals surface area contributed by atoms with Crippen LogP contribution in [0.5, 0.6) is 0 Å². The lowest BCUT2D eigenvalue weighted by Gasteiger charge is -2.28. The fraction of sp³-hybridized carbons (Fsp3) is 0.667. The maximum Gasteiger partial charge on any atom is 0.265 e. The summed E-state index contributed by atoms with van der Waals surface area (Å²) >= 11 is 1.46. The zero-order valence-electron chi connectivity index (χ0n) is 10.3. The molecule has 0 bridgehead atoms. The van der Waals surface area contributed by atoms with Gasteiger partial charge in [-0.1, -0.05) is 6.42 Å². The molecule has 0 radical (unpaired) electrons. The molecule has 2 rings (SSSR count). The molecule has 2 atom stereocenters. The molecule has 1 fully saturated rings. The zero-order valence-corrected chi connectivity index (χ0v) is 11.2. The van der Waals surface area contributed by atoms with E-state index in [2.05, 4.69) is 4.98 Å². The molecule has 0 aliphatic heterocycles. The molecule has 5 heteroatoms. The lowest BCUT2D eigenvalue weighted by atomic mass is 10.0. The van der Waals surface area contributed by atoms with Crippen molar-refractivity contribution in [3.05, 3.63) is 16.1 Å². The number of nitrogens with zero attached hydrogens (tertiary/aromatic N) is 2. The van der Waals surface area contributed by atoms with Gasteiger partial charge in [0.1, 0.15) is 4.88 Å². The smallest absolute Gasteiger partial charge is 0.265 e. The van der Waals surface area contributed by atoms with Gasteiger partial charge in [0.05, 0.1) is 11.2 Å². The molecule has 1 heterocycles. The van der Waals surface area contributed by atoms with Crippen LogP contribution in [-0.2, 0) is 0 Å². The largest absolute Gasteiger partial charge is 0.338 e. The van der Waals surface area contributed by atoms with Crippen LogP contribution in [0.25, 0.3) is 0 Å². The minimum atomic E-state index is 0.0842. The van der Waals surface area contributed by atoms with Gasteiger partial charge in [-0.05, 0) is 32.2 Å². The van der Waals surface area contributed by atoms with E-state index < -0.39 is 0 Å². The van der Waals surface area contributed by atoms with E-state index >= 15 is 0 Å². The van der Waals surface area contributed by atoms with Gasteiger partial charge in [0.2, 0.25) is 0 Å². The molecule has 4 nitrogen and oxygen atoms in total. The molecule has 1 saturated carbocycles. The number of aryl methyl sites for hydroxylation is 1. The van der Waals surface area contributed by atoms with Crippen molar-refractivity contribution in [1.82, 2.24) is 9.88 Å². The molecule has 2 unspecified atom stereocenters. The number of hydrogen-bond donors (Lipinski definition) is 1. The Bertz CT molecular complexity index is 404. The van der Waals surface area contributed by atoms with Gasteiger partial charge in [-0.3, -0.25) is 4.79 Å². The lowest BCUT2D eigenvalue weighted by Crippen LogP contribution is -2.41. The van der Waals surface area contributed by atoms with Crippen molar-refractivity contribution >= 4 is 17.2 Å². The van der Waals surface area contributed by atoms with Crippen molar-refractivity contribution in [3.63, 3.8) is 0 Å². The molecule has 17 heavy (non-hydrogen) atoms. The fourth-order valence-corrected chi connectivity index (χ4v) is 3.35. The van der Waals surface area contributed by atoms with E-state index in [-0.39, 0.29) is 5.91 Å². The molecule has 0 saturated heterocycles. The molecule has 1 aliphatic rings. The van der Waals surface area contributed by atoms with Gasteiger partial charge in [-0.2, -0.15) is 0 Å². The number of rotatable bonds is 3. The van der Waals surface area contributed by atoms with Crippen LogP contribution in [0.4, 0.5) is 0 Å². The Hall–Kier alpha value is -0.940. The summed E-state index contributed by atoms with van der Waals surface area (Å²) in [6.07, 6.45) is 5.06. The molecule has 1 aromatic rings. The van der Waals surface area contributed by atoms with Gasteiger partial charge in [-0.15, -0.1) is 11.3 Å². The quantitative estimate of drug-likeness (QED) is 0.891. The summed E-state index contributed by atoms with van der Waals surface area (Å²) < 4.78 is 0. The van der Waals surface area contributed by atoms with Crippen molar-refractivity contribution in [2.75, 3.05) is 13.6 Å². The van der Waals surface area contributed by atoms with Gasteiger partial charge >= 0.3 is 0 Å². The van der Waals surface area contributed by atoms with Crippen molar-refractivity contribution in [1.29, 1.82) is 0 Å². The lowest BCUT2D eigenvalue weighted by molar-refractivity contribution is 0.0704. The van der Waals surface area contributed by atoms with Crippen LogP contribution in [0.15, 0.2) is 6.20 Å². The molecule has 1 amide bonds. The summed E-state index contributed by atoms with van der Waals surface area (Å²) in [7, 11) is 1.88. The highest BCUT2D eigenvalue weighted by molar-refractivity contribution is 7.13. The Morgan fingerprint density at radius 1 is 1.65 bits per heavy atom. The van der Waals surface area contributed by atoms with E-state index in [4.69, 9.17) is 5.73 Å². The Morgan fingerprint density at radius 2 is 2.41 bits per heavy atom. The average molecular weight is 253 g/mol. The Morgan fingerprint density at radius 3 is 3.00 bits per heavy atom. The molecule has 1 aliphatic carbocycles. The Labute approximate surface area is 106 Å². The normalized spacial score (nSPS) is 23.9. The van der Waals surface area contributed by atoms with Crippen molar-refractivity contribution in [3.8, 4) is 0 Å². The maximum absolute atomic E-state index is 12.3. The standard InChI is InChI=1S/C12H19N3OS/c1-8-14-7-11(17-8)12(16)15(2)10-5-3-4-9(10)6-13/h7,9-10H,3-6,13H2,1-2H3. The van der Waals surface area contributed by atoms with E-state index in [1.54, 1.807) is 6.20 Å². The zero-order chi connectivity index (χ0) is 12.4. The highest BCUT2D eigenvalue weighted by atomic mass is 32.1. The Kier molecular flexibility index (Phi) is 3.79. The molecule has 1 aromatic heterocycles. The van der Waals surface area contributed by atoms with Crippen molar-refractivity contribution in [2.45, 2.75) is 32.2 Å². The van der Waals surface area contributed by atoms with Crippen molar-refractivity contribution < 1.29 is 4.79 Å². The second-order valence-corrected chi connectivity index (χ2v) is 5.89. The van der Waals surface area contributed by atoms with E-state index in [9.17, 15) is 4.79 Å². The third kappa shape index (κ3) is 2.50. The van der Waals surface area contributed by atoms with E-state index in [1.807, 2.05) is 18.9 Å². The first kappa shape index (κ1) is 12.5. The topological polar surface area (TPSA) is 59.2 Å². The van der Waals surface area contributed by atoms with Gasteiger partial charge in [-0.25, -0.2) is 4.98 Å².